The first-order valence-electron chi connectivity index (χ1n) is 8.59. The Morgan fingerprint density at radius 2 is 1.92 bits per heavy atom. The molecule has 0 aliphatic carbocycles. The molecule has 1 atom stereocenters. The maximum absolute atomic E-state index is 12.5. The van der Waals surface area contributed by atoms with Crippen molar-refractivity contribution in [1.29, 1.82) is 0 Å². The van der Waals surface area contributed by atoms with Gasteiger partial charge >= 0.3 is 0 Å². The molecule has 26 heavy (non-hydrogen) atoms. The second kappa shape index (κ2) is 7.87. The van der Waals surface area contributed by atoms with Crippen molar-refractivity contribution in [3.05, 3.63) is 83.4 Å². The summed E-state index contributed by atoms with van der Waals surface area (Å²) in [6, 6.07) is 15.2. The number of carbonyl (C=O) groups is 1. The van der Waals surface area contributed by atoms with Crippen LogP contribution in [-0.2, 0) is 6.54 Å². The molecular formula is C21H23N3O2. The van der Waals surface area contributed by atoms with Crippen LogP contribution >= 0.6 is 0 Å². The van der Waals surface area contributed by atoms with Crippen LogP contribution in [0.2, 0.25) is 0 Å². The quantitative estimate of drug-likeness (QED) is 0.737. The standard InChI is InChI=1S/C21H23N3O2/c1-15(19-6-4-5-7-20(19)26-3)23-21(25)18-10-8-17(9-11-18)14-24-13-12-22-16(24)2/h4-13,15H,14H2,1-3H3,(H,23,25)/t15-/m0/s1. The number of aryl methyl sites for hydroxylation is 1. The molecule has 0 spiro atoms. The molecule has 1 amide bonds. The van der Waals surface area contributed by atoms with Crippen molar-refractivity contribution in [3.8, 4) is 5.75 Å². The first kappa shape index (κ1) is 17.7. The largest absolute Gasteiger partial charge is 0.496 e. The van der Waals surface area contributed by atoms with Crippen molar-refractivity contribution >= 4 is 5.91 Å². The summed E-state index contributed by atoms with van der Waals surface area (Å²) < 4.78 is 7.44. The van der Waals surface area contributed by atoms with E-state index in [-0.39, 0.29) is 11.9 Å². The van der Waals surface area contributed by atoms with Gasteiger partial charge in [0.05, 0.1) is 13.2 Å². The van der Waals surface area contributed by atoms with Crippen LogP contribution in [0.5, 0.6) is 5.75 Å². The summed E-state index contributed by atoms with van der Waals surface area (Å²) in [6.07, 6.45) is 3.74. The number of nitrogens with one attached hydrogen (secondary N) is 1. The lowest BCUT2D eigenvalue weighted by atomic mass is 10.1. The van der Waals surface area contributed by atoms with Crippen LogP contribution in [0.1, 0.15) is 40.3 Å². The van der Waals surface area contributed by atoms with Crippen LogP contribution in [0.3, 0.4) is 0 Å². The van der Waals surface area contributed by atoms with Crippen LogP contribution in [0.15, 0.2) is 60.9 Å². The molecule has 0 aliphatic rings. The van der Waals surface area contributed by atoms with Crippen LogP contribution in [-0.4, -0.2) is 22.6 Å². The molecule has 134 valence electrons. The van der Waals surface area contributed by atoms with Gasteiger partial charge in [0, 0.05) is 30.1 Å². The summed E-state index contributed by atoms with van der Waals surface area (Å²) in [5.74, 6) is 1.64. The molecule has 3 rings (SSSR count). The van der Waals surface area contributed by atoms with Gasteiger partial charge in [0.15, 0.2) is 0 Å². The maximum Gasteiger partial charge on any atom is 0.251 e. The molecule has 0 bridgehead atoms. The van der Waals surface area contributed by atoms with Crippen LogP contribution in [0.25, 0.3) is 0 Å². The third-order valence-electron chi connectivity index (χ3n) is 4.45. The van der Waals surface area contributed by atoms with E-state index in [1.54, 1.807) is 13.3 Å². The molecule has 0 unspecified atom stereocenters. The fourth-order valence-corrected chi connectivity index (χ4v) is 2.91. The monoisotopic (exact) mass is 349 g/mol. The van der Waals surface area contributed by atoms with Gasteiger partial charge in [0.25, 0.3) is 5.91 Å². The topological polar surface area (TPSA) is 56.1 Å². The van der Waals surface area contributed by atoms with Crippen LogP contribution < -0.4 is 10.1 Å². The smallest absolute Gasteiger partial charge is 0.251 e. The number of aromatic nitrogens is 2. The van der Waals surface area contributed by atoms with Crippen molar-refractivity contribution in [2.45, 2.75) is 26.4 Å². The van der Waals surface area contributed by atoms with Gasteiger partial charge in [-0.3, -0.25) is 4.79 Å². The number of rotatable bonds is 6. The fraction of sp³-hybridized carbons (Fsp3) is 0.238. The number of ether oxygens (including phenoxy) is 1. The Hall–Kier alpha value is -3.08. The molecule has 0 fully saturated rings. The van der Waals surface area contributed by atoms with E-state index in [0.29, 0.717) is 5.56 Å². The summed E-state index contributed by atoms with van der Waals surface area (Å²) in [5.41, 5.74) is 2.72. The zero-order valence-corrected chi connectivity index (χ0v) is 15.3. The third-order valence-corrected chi connectivity index (χ3v) is 4.45. The van der Waals surface area contributed by atoms with E-state index in [9.17, 15) is 4.79 Å². The van der Waals surface area contributed by atoms with Crippen molar-refractivity contribution in [2.75, 3.05) is 7.11 Å². The summed E-state index contributed by atoms with van der Waals surface area (Å²) in [7, 11) is 1.63. The highest BCUT2D eigenvalue weighted by atomic mass is 16.5. The SMILES string of the molecule is COc1ccccc1[C@H](C)NC(=O)c1ccc(Cn2ccnc2C)cc1. The van der Waals surface area contributed by atoms with Gasteiger partial charge in [-0.1, -0.05) is 30.3 Å². The lowest BCUT2D eigenvalue weighted by molar-refractivity contribution is 0.0939. The van der Waals surface area contributed by atoms with Gasteiger partial charge < -0.3 is 14.6 Å². The molecular weight excluding hydrogens is 326 g/mol. The van der Waals surface area contributed by atoms with Crippen molar-refractivity contribution in [3.63, 3.8) is 0 Å². The lowest BCUT2D eigenvalue weighted by Gasteiger charge is -2.17. The van der Waals surface area contributed by atoms with Gasteiger partial charge in [-0.2, -0.15) is 0 Å². The van der Waals surface area contributed by atoms with Crippen molar-refractivity contribution in [1.82, 2.24) is 14.9 Å². The number of nitrogens with zero attached hydrogens (tertiary/aromatic N) is 2. The first-order chi connectivity index (χ1) is 12.6. The molecule has 5 nitrogen and oxygen atoms in total. The Morgan fingerprint density at radius 3 is 2.58 bits per heavy atom. The second-order valence-corrected chi connectivity index (χ2v) is 6.24. The van der Waals surface area contributed by atoms with Gasteiger partial charge in [0.1, 0.15) is 11.6 Å². The Labute approximate surface area is 153 Å². The van der Waals surface area contributed by atoms with E-state index in [0.717, 1.165) is 29.2 Å². The number of para-hydroxylation sites is 1. The van der Waals surface area contributed by atoms with E-state index in [2.05, 4.69) is 14.9 Å². The van der Waals surface area contributed by atoms with E-state index >= 15 is 0 Å². The molecule has 1 aromatic heterocycles. The Balaban J connectivity index is 1.67. The zero-order chi connectivity index (χ0) is 18.5. The Morgan fingerprint density at radius 1 is 1.19 bits per heavy atom. The number of amides is 1. The molecule has 5 heteroatoms. The molecule has 0 aliphatic heterocycles. The summed E-state index contributed by atoms with van der Waals surface area (Å²) >= 11 is 0. The normalized spacial score (nSPS) is 11.8. The summed E-state index contributed by atoms with van der Waals surface area (Å²) in [6.45, 7) is 4.67. The highest BCUT2D eigenvalue weighted by Crippen LogP contribution is 2.24. The van der Waals surface area contributed by atoms with Crippen LogP contribution in [0, 0.1) is 6.92 Å². The number of methoxy groups -OCH3 is 1. The third kappa shape index (κ3) is 3.94. The molecule has 0 saturated carbocycles. The van der Waals surface area contributed by atoms with Crippen molar-refractivity contribution in [2.24, 2.45) is 0 Å². The molecule has 2 aromatic carbocycles. The predicted octanol–water partition coefficient (Wildman–Crippen LogP) is 3.74. The molecule has 0 radical (unpaired) electrons. The van der Waals surface area contributed by atoms with E-state index in [1.807, 2.05) is 68.6 Å². The number of hydrogen-bond acceptors (Lipinski definition) is 3. The van der Waals surface area contributed by atoms with Gasteiger partial charge in [-0.15, -0.1) is 0 Å². The molecule has 1 heterocycles. The predicted molar refractivity (Wildman–Crippen MR) is 101 cm³/mol. The molecule has 3 aromatic rings. The second-order valence-electron chi connectivity index (χ2n) is 6.24. The highest BCUT2D eigenvalue weighted by molar-refractivity contribution is 5.94. The minimum absolute atomic E-state index is 0.103. The van der Waals surface area contributed by atoms with Crippen molar-refractivity contribution < 1.29 is 9.53 Å². The maximum atomic E-state index is 12.5. The van der Waals surface area contributed by atoms with Gasteiger partial charge in [0.2, 0.25) is 0 Å². The summed E-state index contributed by atoms with van der Waals surface area (Å²) in [4.78, 5) is 16.8. The first-order valence-corrected chi connectivity index (χ1v) is 8.59. The number of benzene rings is 2. The van der Waals surface area contributed by atoms with Gasteiger partial charge in [-0.25, -0.2) is 4.98 Å². The minimum atomic E-state index is -0.146. The number of hydrogen-bond donors (Lipinski definition) is 1. The van der Waals surface area contributed by atoms with E-state index in [4.69, 9.17) is 4.74 Å². The minimum Gasteiger partial charge on any atom is -0.496 e. The molecule has 1 N–H and O–H groups in total. The highest BCUT2D eigenvalue weighted by Gasteiger charge is 2.14. The Kier molecular flexibility index (Phi) is 5.37. The number of imidazole rings is 1. The van der Waals surface area contributed by atoms with Crippen LogP contribution in [0.4, 0.5) is 0 Å². The van der Waals surface area contributed by atoms with E-state index < -0.39 is 0 Å². The average molecular weight is 349 g/mol. The fourth-order valence-electron chi connectivity index (χ4n) is 2.91. The average Bonchev–Trinajstić information content (AvgIpc) is 3.06. The Bertz CT molecular complexity index is 884. The molecule has 0 saturated heterocycles. The zero-order valence-electron chi connectivity index (χ0n) is 15.3. The van der Waals surface area contributed by atoms with Gasteiger partial charge in [-0.05, 0) is 37.6 Å². The van der Waals surface area contributed by atoms with E-state index in [1.165, 1.54) is 0 Å². The lowest BCUT2D eigenvalue weighted by Crippen LogP contribution is -2.26. The summed E-state index contributed by atoms with van der Waals surface area (Å²) in [5, 5.41) is 3.03. The number of carbonyl (C=O) groups excluding carboxylic acids is 1.